The van der Waals surface area contributed by atoms with E-state index in [0.29, 0.717) is 30.6 Å². The van der Waals surface area contributed by atoms with E-state index in [1.807, 2.05) is 20.8 Å². The van der Waals surface area contributed by atoms with Gasteiger partial charge in [-0.1, -0.05) is 13.8 Å². The molecule has 2 fully saturated rings. The van der Waals surface area contributed by atoms with Crippen molar-refractivity contribution in [1.82, 2.24) is 4.90 Å². The molecule has 4 unspecified atom stereocenters. The number of ketones is 1. The fourth-order valence-corrected chi connectivity index (χ4v) is 3.97. The van der Waals surface area contributed by atoms with E-state index in [4.69, 9.17) is 4.74 Å². The van der Waals surface area contributed by atoms with Gasteiger partial charge in [-0.25, -0.2) is 4.79 Å². The maximum atomic E-state index is 12.5. The Labute approximate surface area is 128 Å². The summed E-state index contributed by atoms with van der Waals surface area (Å²) >= 11 is 0. The number of ether oxygens (including phenoxy) is 1. The third kappa shape index (κ3) is 3.78. The Morgan fingerprint density at radius 2 is 1.95 bits per heavy atom. The van der Waals surface area contributed by atoms with Gasteiger partial charge in [0.25, 0.3) is 0 Å². The molecule has 0 aromatic rings. The minimum Gasteiger partial charge on any atom is -0.444 e. The summed E-state index contributed by atoms with van der Waals surface area (Å²) in [5, 5.41) is 0. The number of carbonyl (C=O) groups excluding carboxylic acids is 2. The molecule has 0 spiro atoms. The zero-order chi connectivity index (χ0) is 15.8. The van der Waals surface area contributed by atoms with Crippen LogP contribution in [0.15, 0.2) is 0 Å². The summed E-state index contributed by atoms with van der Waals surface area (Å²) in [7, 11) is 0. The normalized spacial score (nSPS) is 34.1. The van der Waals surface area contributed by atoms with E-state index < -0.39 is 5.60 Å². The van der Waals surface area contributed by atoms with E-state index in [0.717, 1.165) is 19.3 Å². The molecular formula is C17H29NO3. The van der Waals surface area contributed by atoms with Crippen molar-refractivity contribution in [2.75, 3.05) is 6.54 Å². The fourth-order valence-electron chi connectivity index (χ4n) is 3.97. The number of hydrogen-bond donors (Lipinski definition) is 0. The number of Topliss-reactive ketones (excluding diaryl/α,β-unsaturated/α-hetero) is 1. The second-order valence-electron chi connectivity index (χ2n) is 7.90. The van der Waals surface area contributed by atoms with E-state index in [1.165, 1.54) is 0 Å². The highest BCUT2D eigenvalue weighted by Gasteiger charge is 2.44. The maximum absolute atomic E-state index is 12.5. The monoisotopic (exact) mass is 295 g/mol. The highest BCUT2D eigenvalue weighted by molar-refractivity contribution is 5.84. The molecule has 4 atom stereocenters. The second kappa shape index (κ2) is 5.98. The largest absolute Gasteiger partial charge is 0.444 e. The van der Waals surface area contributed by atoms with Crippen LogP contribution in [0.25, 0.3) is 0 Å². The molecule has 4 heteroatoms. The van der Waals surface area contributed by atoms with Crippen LogP contribution in [0.2, 0.25) is 0 Å². The molecule has 0 radical (unpaired) electrons. The van der Waals surface area contributed by atoms with Crippen LogP contribution in [0.4, 0.5) is 4.79 Å². The number of carbonyl (C=O) groups is 2. The summed E-state index contributed by atoms with van der Waals surface area (Å²) in [6.45, 7) is 10.7. The van der Waals surface area contributed by atoms with Crippen molar-refractivity contribution in [1.29, 1.82) is 0 Å². The van der Waals surface area contributed by atoms with Crippen LogP contribution in [-0.4, -0.2) is 35.0 Å². The predicted molar refractivity (Wildman–Crippen MR) is 82.0 cm³/mol. The van der Waals surface area contributed by atoms with Crippen LogP contribution < -0.4 is 0 Å². The molecule has 120 valence electrons. The minimum absolute atomic E-state index is 0.00350. The van der Waals surface area contributed by atoms with Gasteiger partial charge in [0.1, 0.15) is 11.4 Å². The van der Waals surface area contributed by atoms with Crippen molar-refractivity contribution in [3.8, 4) is 0 Å². The Balaban J connectivity index is 2.11. The average molecular weight is 295 g/mol. The second-order valence-corrected chi connectivity index (χ2v) is 7.90. The molecule has 0 aromatic carbocycles. The summed E-state index contributed by atoms with van der Waals surface area (Å²) in [6, 6.07) is 0.0369. The van der Waals surface area contributed by atoms with Gasteiger partial charge >= 0.3 is 6.09 Å². The van der Waals surface area contributed by atoms with Crippen LogP contribution in [0.1, 0.15) is 60.3 Å². The van der Waals surface area contributed by atoms with Crippen LogP contribution in [0.5, 0.6) is 0 Å². The van der Waals surface area contributed by atoms with Gasteiger partial charge in [-0.2, -0.15) is 0 Å². The molecule has 1 amide bonds. The molecule has 2 aliphatic rings. The molecule has 4 nitrogen and oxygen atoms in total. The van der Waals surface area contributed by atoms with Crippen LogP contribution in [0, 0.1) is 17.8 Å². The summed E-state index contributed by atoms with van der Waals surface area (Å²) in [5.74, 6) is 1.16. The van der Waals surface area contributed by atoms with Crippen molar-refractivity contribution in [2.45, 2.75) is 71.9 Å². The van der Waals surface area contributed by atoms with Gasteiger partial charge in [-0.05, 0) is 51.9 Å². The lowest BCUT2D eigenvalue weighted by Gasteiger charge is -2.39. The highest BCUT2D eigenvalue weighted by Crippen LogP contribution is 2.38. The average Bonchev–Trinajstić information content (AvgIpc) is 2.74. The molecule has 2 rings (SSSR count). The highest BCUT2D eigenvalue weighted by atomic mass is 16.6. The van der Waals surface area contributed by atoms with Gasteiger partial charge in [0, 0.05) is 24.9 Å². The lowest BCUT2D eigenvalue weighted by atomic mass is 9.71. The summed E-state index contributed by atoms with van der Waals surface area (Å²) in [5.41, 5.74) is -0.485. The SMILES string of the molecule is CC1CC(=O)C(C2CCCN2C(=O)OC(C)(C)C)C(C)C1. The number of amides is 1. The lowest BCUT2D eigenvalue weighted by molar-refractivity contribution is -0.130. The first-order valence-electron chi connectivity index (χ1n) is 8.21. The fraction of sp³-hybridized carbons (Fsp3) is 0.882. The van der Waals surface area contributed by atoms with E-state index >= 15 is 0 Å². The molecule has 21 heavy (non-hydrogen) atoms. The first-order chi connectivity index (χ1) is 9.69. The molecule has 0 bridgehead atoms. The van der Waals surface area contributed by atoms with E-state index in [9.17, 15) is 9.59 Å². The topological polar surface area (TPSA) is 46.6 Å². The third-order valence-corrected chi connectivity index (χ3v) is 4.65. The minimum atomic E-state index is -0.485. The molecule has 1 aliphatic heterocycles. The number of likely N-dealkylation sites (tertiary alicyclic amines) is 1. The quantitative estimate of drug-likeness (QED) is 0.742. The zero-order valence-electron chi connectivity index (χ0n) is 14.0. The van der Waals surface area contributed by atoms with Crippen molar-refractivity contribution in [3.63, 3.8) is 0 Å². The Hall–Kier alpha value is -1.06. The Kier molecular flexibility index (Phi) is 4.64. The van der Waals surface area contributed by atoms with Gasteiger partial charge in [-0.15, -0.1) is 0 Å². The van der Waals surface area contributed by atoms with Gasteiger partial charge < -0.3 is 9.64 Å². The first kappa shape index (κ1) is 16.3. The van der Waals surface area contributed by atoms with E-state index in [1.54, 1.807) is 4.90 Å². The summed E-state index contributed by atoms with van der Waals surface area (Å²) in [6.07, 6.45) is 3.37. The van der Waals surface area contributed by atoms with E-state index in [2.05, 4.69) is 13.8 Å². The molecule has 1 aliphatic carbocycles. The van der Waals surface area contributed by atoms with Crippen LogP contribution >= 0.6 is 0 Å². The van der Waals surface area contributed by atoms with Gasteiger partial charge in [0.15, 0.2) is 0 Å². The van der Waals surface area contributed by atoms with Crippen molar-refractivity contribution < 1.29 is 14.3 Å². The molecule has 0 aromatic heterocycles. The Morgan fingerprint density at radius 3 is 2.52 bits per heavy atom. The molecule has 1 saturated carbocycles. The zero-order valence-corrected chi connectivity index (χ0v) is 14.0. The van der Waals surface area contributed by atoms with Gasteiger partial charge in [0.2, 0.25) is 0 Å². The molecule has 0 N–H and O–H groups in total. The maximum Gasteiger partial charge on any atom is 0.410 e. The number of rotatable bonds is 1. The Morgan fingerprint density at radius 1 is 1.29 bits per heavy atom. The predicted octanol–water partition coefficient (Wildman–Crippen LogP) is 3.64. The smallest absolute Gasteiger partial charge is 0.410 e. The number of nitrogens with zero attached hydrogens (tertiary/aromatic N) is 1. The lowest BCUT2D eigenvalue weighted by Crippen LogP contribution is -2.48. The van der Waals surface area contributed by atoms with E-state index in [-0.39, 0.29) is 18.1 Å². The standard InChI is InChI=1S/C17H29NO3/c1-11-9-12(2)15(14(19)10-11)13-7-6-8-18(13)16(20)21-17(3,4)5/h11-13,15H,6-10H2,1-5H3. The van der Waals surface area contributed by atoms with Crippen molar-refractivity contribution in [3.05, 3.63) is 0 Å². The molecule has 1 heterocycles. The van der Waals surface area contributed by atoms with Crippen LogP contribution in [0.3, 0.4) is 0 Å². The molecular weight excluding hydrogens is 266 g/mol. The van der Waals surface area contributed by atoms with Gasteiger partial charge in [0.05, 0.1) is 0 Å². The third-order valence-electron chi connectivity index (χ3n) is 4.65. The Bertz CT molecular complexity index is 413. The summed E-state index contributed by atoms with van der Waals surface area (Å²) < 4.78 is 5.51. The summed E-state index contributed by atoms with van der Waals surface area (Å²) in [4.78, 5) is 26.7. The van der Waals surface area contributed by atoms with Crippen molar-refractivity contribution >= 4 is 11.9 Å². The number of hydrogen-bond acceptors (Lipinski definition) is 3. The first-order valence-corrected chi connectivity index (χ1v) is 8.21. The van der Waals surface area contributed by atoms with Crippen LogP contribution in [-0.2, 0) is 9.53 Å². The molecule has 1 saturated heterocycles. The van der Waals surface area contributed by atoms with Crippen molar-refractivity contribution in [2.24, 2.45) is 17.8 Å². The van der Waals surface area contributed by atoms with Gasteiger partial charge in [-0.3, -0.25) is 4.79 Å².